The van der Waals surface area contributed by atoms with Crippen molar-refractivity contribution in [2.24, 2.45) is 11.7 Å². The maximum Gasteiger partial charge on any atom is 0.226 e. The molecule has 0 fully saturated rings. The Morgan fingerprint density at radius 3 is 2.06 bits per heavy atom. The molecule has 2 amide bonds. The van der Waals surface area contributed by atoms with Crippen LogP contribution in [0.25, 0.3) is 0 Å². The van der Waals surface area contributed by atoms with E-state index >= 15 is 0 Å². The minimum atomic E-state index is -0.114. The molecule has 0 spiro atoms. The maximum absolute atomic E-state index is 11.5. The Kier molecular flexibility index (Phi) is 5.32. The molecule has 5 heteroatoms. The molecule has 18 heavy (non-hydrogen) atoms. The molecular weight excluding hydrogens is 230 g/mol. The quantitative estimate of drug-likeness (QED) is 0.740. The topological polar surface area (TPSA) is 84.2 Å². The van der Waals surface area contributed by atoms with Crippen molar-refractivity contribution in [3.8, 4) is 0 Å². The monoisotopic (exact) mass is 249 g/mol. The second-order valence-corrected chi connectivity index (χ2v) is 4.31. The summed E-state index contributed by atoms with van der Waals surface area (Å²) >= 11 is 0. The van der Waals surface area contributed by atoms with E-state index in [4.69, 9.17) is 5.73 Å². The smallest absolute Gasteiger partial charge is 0.226 e. The number of nitrogens with two attached hydrogens (primary N) is 1. The third-order valence-corrected chi connectivity index (χ3v) is 2.33. The number of carbonyl (C=O) groups is 2. The van der Waals surface area contributed by atoms with Gasteiger partial charge in [0, 0.05) is 30.3 Å². The van der Waals surface area contributed by atoms with Gasteiger partial charge in [-0.05, 0) is 24.3 Å². The van der Waals surface area contributed by atoms with Crippen LogP contribution < -0.4 is 16.4 Å². The standard InChI is InChI=1S/C13H19N3O2/c1-9(2)13(18)16-11-5-3-10(4-6-11)15-12(17)7-8-14/h3-6,9H,7-8,14H2,1-2H3,(H,15,17)(H,16,18). The Labute approximate surface area is 107 Å². The van der Waals surface area contributed by atoms with E-state index in [1.54, 1.807) is 24.3 Å². The van der Waals surface area contributed by atoms with E-state index in [2.05, 4.69) is 10.6 Å². The normalized spacial score (nSPS) is 10.2. The van der Waals surface area contributed by atoms with Gasteiger partial charge in [-0.3, -0.25) is 9.59 Å². The summed E-state index contributed by atoms with van der Waals surface area (Å²) < 4.78 is 0. The fourth-order valence-electron chi connectivity index (χ4n) is 1.28. The van der Waals surface area contributed by atoms with Crippen LogP contribution in [0.3, 0.4) is 0 Å². The van der Waals surface area contributed by atoms with Gasteiger partial charge in [0.1, 0.15) is 0 Å². The molecule has 5 nitrogen and oxygen atoms in total. The van der Waals surface area contributed by atoms with Crippen LogP contribution in [-0.4, -0.2) is 18.4 Å². The van der Waals surface area contributed by atoms with Gasteiger partial charge >= 0.3 is 0 Å². The van der Waals surface area contributed by atoms with Crippen LogP contribution in [-0.2, 0) is 9.59 Å². The van der Waals surface area contributed by atoms with Crippen LogP contribution in [0.4, 0.5) is 11.4 Å². The molecule has 1 aromatic rings. The number of rotatable bonds is 5. The van der Waals surface area contributed by atoms with Crippen molar-refractivity contribution < 1.29 is 9.59 Å². The first-order valence-corrected chi connectivity index (χ1v) is 5.93. The van der Waals surface area contributed by atoms with Gasteiger partial charge in [-0.1, -0.05) is 13.8 Å². The van der Waals surface area contributed by atoms with E-state index < -0.39 is 0 Å². The maximum atomic E-state index is 11.5. The van der Waals surface area contributed by atoms with Crippen LogP contribution in [0.1, 0.15) is 20.3 Å². The molecule has 1 rings (SSSR count). The van der Waals surface area contributed by atoms with Crippen LogP contribution in [0, 0.1) is 5.92 Å². The van der Waals surface area contributed by atoms with Crippen molar-refractivity contribution in [2.75, 3.05) is 17.2 Å². The van der Waals surface area contributed by atoms with Gasteiger partial charge in [-0.15, -0.1) is 0 Å². The highest BCUT2D eigenvalue weighted by atomic mass is 16.2. The summed E-state index contributed by atoms with van der Waals surface area (Å²) in [5.41, 5.74) is 6.69. The molecule has 0 aliphatic rings. The number of carbonyl (C=O) groups excluding carboxylic acids is 2. The van der Waals surface area contributed by atoms with Crippen molar-refractivity contribution in [3.63, 3.8) is 0 Å². The van der Waals surface area contributed by atoms with E-state index in [9.17, 15) is 9.59 Å². The van der Waals surface area contributed by atoms with Gasteiger partial charge in [0.25, 0.3) is 0 Å². The number of benzene rings is 1. The average Bonchev–Trinajstić information content (AvgIpc) is 2.31. The fourth-order valence-corrected chi connectivity index (χ4v) is 1.28. The van der Waals surface area contributed by atoms with Crippen LogP contribution in [0.15, 0.2) is 24.3 Å². The zero-order valence-corrected chi connectivity index (χ0v) is 10.7. The van der Waals surface area contributed by atoms with Crippen molar-refractivity contribution in [3.05, 3.63) is 24.3 Å². The number of hydrogen-bond donors (Lipinski definition) is 3. The molecule has 1 aromatic carbocycles. The lowest BCUT2D eigenvalue weighted by Crippen LogP contribution is -2.18. The summed E-state index contributed by atoms with van der Waals surface area (Å²) in [6.07, 6.45) is 0.297. The molecule has 0 aliphatic carbocycles. The third kappa shape index (κ3) is 4.55. The molecule has 0 bridgehead atoms. The van der Waals surface area contributed by atoms with Gasteiger partial charge in [0.2, 0.25) is 11.8 Å². The van der Waals surface area contributed by atoms with E-state index in [1.165, 1.54) is 0 Å². The minimum Gasteiger partial charge on any atom is -0.330 e. The number of amides is 2. The molecule has 0 aromatic heterocycles. The van der Waals surface area contributed by atoms with Gasteiger partial charge < -0.3 is 16.4 Å². The molecule has 0 unspecified atom stereocenters. The third-order valence-electron chi connectivity index (χ3n) is 2.33. The van der Waals surface area contributed by atoms with Gasteiger partial charge in [-0.2, -0.15) is 0 Å². The average molecular weight is 249 g/mol. The lowest BCUT2D eigenvalue weighted by atomic mass is 10.2. The van der Waals surface area contributed by atoms with Crippen LogP contribution in [0.2, 0.25) is 0 Å². The Morgan fingerprint density at radius 2 is 1.61 bits per heavy atom. The molecule has 0 heterocycles. The second-order valence-electron chi connectivity index (χ2n) is 4.31. The predicted molar refractivity (Wildman–Crippen MR) is 72.2 cm³/mol. The molecule has 0 saturated carbocycles. The van der Waals surface area contributed by atoms with E-state index in [0.29, 0.717) is 24.3 Å². The Hall–Kier alpha value is -1.88. The molecular formula is C13H19N3O2. The molecule has 0 aliphatic heterocycles. The van der Waals surface area contributed by atoms with E-state index in [1.807, 2.05) is 13.8 Å². The zero-order valence-electron chi connectivity index (χ0n) is 10.7. The SMILES string of the molecule is CC(C)C(=O)Nc1ccc(NC(=O)CCN)cc1. The zero-order chi connectivity index (χ0) is 13.5. The highest BCUT2D eigenvalue weighted by Gasteiger charge is 2.07. The summed E-state index contributed by atoms with van der Waals surface area (Å²) in [5, 5.41) is 5.49. The second kappa shape index (κ2) is 6.76. The fraction of sp³-hybridized carbons (Fsp3) is 0.385. The minimum absolute atomic E-state index is 0.0325. The lowest BCUT2D eigenvalue weighted by Gasteiger charge is -2.09. The predicted octanol–water partition coefficient (Wildman–Crippen LogP) is 1.57. The van der Waals surface area contributed by atoms with Gasteiger partial charge in [0.05, 0.1) is 0 Å². The molecule has 0 radical (unpaired) electrons. The number of anilines is 2. The van der Waals surface area contributed by atoms with E-state index in [-0.39, 0.29) is 17.7 Å². The molecule has 98 valence electrons. The van der Waals surface area contributed by atoms with Crippen molar-refractivity contribution in [2.45, 2.75) is 20.3 Å². The molecule has 0 atom stereocenters. The highest BCUT2D eigenvalue weighted by Crippen LogP contribution is 2.14. The highest BCUT2D eigenvalue weighted by molar-refractivity contribution is 5.93. The first kappa shape index (κ1) is 14.2. The first-order valence-electron chi connectivity index (χ1n) is 5.93. The summed E-state index contributed by atoms with van der Waals surface area (Å²) in [5.74, 6) is -0.208. The van der Waals surface area contributed by atoms with Crippen molar-refractivity contribution >= 4 is 23.2 Å². The Bertz CT molecular complexity index is 413. The number of hydrogen-bond acceptors (Lipinski definition) is 3. The van der Waals surface area contributed by atoms with Crippen molar-refractivity contribution in [1.82, 2.24) is 0 Å². The Balaban J connectivity index is 2.57. The van der Waals surface area contributed by atoms with Gasteiger partial charge in [-0.25, -0.2) is 0 Å². The molecule has 0 saturated heterocycles. The largest absolute Gasteiger partial charge is 0.330 e. The number of nitrogens with one attached hydrogen (secondary N) is 2. The summed E-state index contributed by atoms with van der Waals surface area (Å²) in [7, 11) is 0. The Morgan fingerprint density at radius 1 is 1.11 bits per heavy atom. The van der Waals surface area contributed by atoms with Gasteiger partial charge in [0.15, 0.2) is 0 Å². The summed E-state index contributed by atoms with van der Waals surface area (Å²) in [4.78, 5) is 22.8. The summed E-state index contributed by atoms with van der Waals surface area (Å²) in [6.45, 7) is 3.99. The summed E-state index contributed by atoms with van der Waals surface area (Å²) in [6, 6.07) is 6.98. The van der Waals surface area contributed by atoms with Crippen LogP contribution in [0.5, 0.6) is 0 Å². The lowest BCUT2D eigenvalue weighted by molar-refractivity contribution is -0.119. The van der Waals surface area contributed by atoms with Crippen LogP contribution >= 0.6 is 0 Å². The van der Waals surface area contributed by atoms with E-state index in [0.717, 1.165) is 0 Å². The molecule has 4 N–H and O–H groups in total. The first-order chi connectivity index (χ1) is 8.52. The van der Waals surface area contributed by atoms with Crippen molar-refractivity contribution in [1.29, 1.82) is 0 Å².